The SMILES string of the molecule is N=C=O.[Cr]. The second kappa shape index (κ2) is 12.8. The summed E-state index contributed by atoms with van der Waals surface area (Å²) >= 11 is 0. The van der Waals surface area contributed by atoms with Gasteiger partial charge in [0.2, 0.25) is 6.08 Å². The molecule has 1 N–H and O–H groups in total. The Morgan fingerprint density at radius 2 is 1.75 bits per heavy atom. The summed E-state index contributed by atoms with van der Waals surface area (Å²) in [5.74, 6) is 0. The predicted molar refractivity (Wildman–Crippen MR) is 8.41 cm³/mol. The van der Waals surface area contributed by atoms with Crippen LogP contribution in [0.2, 0.25) is 0 Å². The summed E-state index contributed by atoms with van der Waals surface area (Å²) in [6, 6.07) is 0. The molecule has 0 radical (unpaired) electrons. The molecule has 0 atom stereocenters. The van der Waals surface area contributed by atoms with Gasteiger partial charge >= 0.3 is 0 Å². The molecule has 0 aromatic rings. The van der Waals surface area contributed by atoms with E-state index in [9.17, 15) is 0 Å². The molecule has 0 saturated heterocycles. The second-order valence-electron chi connectivity index (χ2n) is 0.102. The molecule has 4 heavy (non-hydrogen) atoms. The number of isocyanates is 1. The van der Waals surface area contributed by atoms with Crippen molar-refractivity contribution in [2.24, 2.45) is 0 Å². The molecule has 0 heterocycles. The first-order valence-corrected chi connectivity index (χ1v) is 0.454. The van der Waals surface area contributed by atoms with Gasteiger partial charge in [0.05, 0.1) is 0 Å². The first-order chi connectivity index (χ1) is 1.41. The van der Waals surface area contributed by atoms with Gasteiger partial charge in [-0.25, -0.2) is 10.2 Å². The molecule has 0 aromatic heterocycles. The van der Waals surface area contributed by atoms with Gasteiger partial charge in [-0.2, -0.15) is 0 Å². The molecule has 0 aliphatic heterocycles. The van der Waals surface area contributed by atoms with Crippen molar-refractivity contribution in [3.63, 3.8) is 0 Å². The van der Waals surface area contributed by atoms with Crippen molar-refractivity contribution in [2.75, 3.05) is 0 Å². The minimum atomic E-state index is 0. The molecular formula is CHCrNO. The van der Waals surface area contributed by atoms with Crippen LogP contribution in [0.1, 0.15) is 0 Å². The Morgan fingerprint density at radius 1 is 1.75 bits per heavy atom. The fraction of sp³-hybridized carbons (Fsp3) is 0. The van der Waals surface area contributed by atoms with Crippen molar-refractivity contribution in [1.82, 2.24) is 0 Å². The van der Waals surface area contributed by atoms with E-state index in [2.05, 4.69) is 0 Å². The first-order valence-electron chi connectivity index (χ1n) is 0.454. The zero-order valence-corrected chi connectivity index (χ0v) is 3.09. The Kier molecular flexibility index (Phi) is 29.0. The smallest absolute Gasteiger partial charge is 0.222 e. The third-order valence-corrected chi connectivity index (χ3v) is 0. The van der Waals surface area contributed by atoms with Crippen LogP contribution in [0, 0.1) is 5.41 Å². The van der Waals surface area contributed by atoms with Crippen LogP contribution in [0.25, 0.3) is 0 Å². The molecule has 0 aliphatic rings. The van der Waals surface area contributed by atoms with Crippen molar-refractivity contribution in [2.45, 2.75) is 0 Å². The molecule has 0 amide bonds. The number of hydrogen-bond acceptors (Lipinski definition) is 2. The maximum absolute atomic E-state index is 8.35. The van der Waals surface area contributed by atoms with Gasteiger partial charge in [0.1, 0.15) is 0 Å². The van der Waals surface area contributed by atoms with Crippen LogP contribution < -0.4 is 0 Å². The van der Waals surface area contributed by atoms with Gasteiger partial charge in [-0.1, -0.05) is 0 Å². The van der Waals surface area contributed by atoms with Crippen molar-refractivity contribution in [1.29, 1.82) is 5.41 Å². The van der Waals surface area contributed by atoms with Crippen LogP contribution >= 0.6 is 0 Å². The maximum atomic E-state index is 8.35. The predicted octanol–water partition coefficient (Wildman–Crippen LogP) is -0.102. The van der Waals surface area contributed by atoms with Crippen molar-refractivity contribution < 1.29 is 22.2 Å². The van der Waals surface area contributed by atoms with E-state index in [1.165, 1.54) is 0 Å². The first kappa shape index (κ1) is 9.07. The van der Waals surface area contributed by atoms with E-state index in [0.29, 0.717) is 0 Å². The zero-order chi connectivity index (χ0) is 2.71. The molecule has 0 fully saturated rings. The monoisotopic (exact) mass is 94.9 g/mol. The summed E-state index contributed by atoms with van der Waals surface area (Å²) in [5.41, 5.74) is 0. The van der Waals surface area contributed by atoms with Crippen LogP contribution in [-0.4, -0.2) is 6.08 Å². The van der Waals surface area contributed by atoms with Gasteiger partial charge in [0.25, 0.3) is 0 Å². The number of carbonyl (C=O) groups excluding carboxylic acids is 1. The number of hydrogen-bond donors (Lipinski definition) is 1. The topological polar surface area (TPSA) is 40.9 Å². The molecule has 0 bridgehead atoms. The van der Waals surface area contributed by atoms with Gasteiger partial charge in [0, 0.05) is 17.4 Å². The second-order valence-corrected chi connectivity index (χ2v) is 0.102. The Labute approximate surface area is 34.5 Å². The molecule has 22 valence electrons. The average Bonchev–Trinajstić information content (AvgIpc) is 0.918. The van der Waals surface area contributed by atoms with Gasteiger partial charge in [-0.3, -0.25) is 0 Å². The van der Waals surface area contributed by atoms with E-state index in [-0.39, 0.29) is 17.4 Å². The summed E-state index contributed by atoms with van der Waals surface area (Å²) in [6.45, 7) is 0. The zero-order valence-electron chi connectivity index (χ0n) is 1.82. The van der Waals surface area contributed by atoms with Gasteiger partial charge in [-0.05, 0) is 0 Å². The Hall–Kier alpha value is -0.0875. The Balaban J connectivity index is 0. The summed E-state index contributed by atoms with van der Waals surface area (Å²) in [6.07, 6.45) is 0.750. The van der Waals surface area contributed by atoms with Gasteiger partial charge in [-0.15, -0.1) is 0 Å². The Bertz CT molecular complexity index is 29.0. The average molecular weight is 95.0 g/mol. The van der Waals surface area contributed by atoms with Crippen molar-refractivity contribution in [3.8, 4) is 0 Å². The van der Waals surface area contributed by atoms with E-state index in [1.54, 1.807) is 0 Å². The van der Waals surface area contributed by atoms with Gasteiger partial charge < -0.3 is 0 Å². The molecule has 0 rings (SSSR count). The largest absolute Gasteiger partial charge is 0.231 e. The van der Waals surface area contributed by atoms with Crippen LogP contribution in [0.15, 0.2) is 0 Å². The van der Waals surface area contributed by atoms with E-state index < -0.39 is 0 Å². The summed E-state index contributed by atoms with van der Waals surface area (Å²) < 4.78 is 0. The van der Waals surface area contributed by atoms with E-state index >= 15 is 0 Å². The molecule has 0 unspecified atom stereocenters. The number of nitrogens with one attached hydrogen (secondary N) is 1. The fourth-order valence-electron chi connectivity index (χ4n) is 0. The molecule has 0 aliphatic carbocycles. The molecule has 0 spiro atoms. The van der Waals surface area contributed by atoms with E-state index in [0.717, 1.165) is 6.08 Å². The van der Waals surface area contributed by atoms with Crippen molar-refractivity contribution in [3.05, 3.63) is 0 Å². The van der Waals surface area contributed by atoms with Gasteiger partial charge in [0.15, 0.2) is 0 Å². The minimum Gasteiger partial charge on any atom is -0.222 e. The van der Waals surface area contributed by atoms with Crippen LogP contribution in [0.4, 0.5) is 0 Å². The molecule has 3 heteroatoms. The maximum Gasteiger partial charge on any atom is 0.231 e. The van der Waals surface area contributed by atoms with E-state index in [1.807, 2.05) is 0 Å². The fourth-order valence-corrected chi connectivity index (χ4v) is 0. The third kappa shape index (κ3) is 208. The summed E-state index contributed by atoms with van der Waals surface area (Å²) in [4.78, 5) is 8.35. The van der Waals surface area contributed by atoms with Crippen molar-refractivity contribution >= 4 is 6.08 Å². The summed E-state index contributed by atoms with van der Waals surface area (Å²) in [5, 5.41) is 5.40. The quantitative estimate of drug-likeness (QED) is 0.331. The molecular weight excluding hydrogens is 94.0 g/mol. The molecule has 0 aromatic carbocycles. The third-order valence-electron chi connectivity index (χ3n) is 0. The normalized spacial score (nSPS) is 2.00. The summed E-state index contributed by atoms with van der Waals surface area (Å²) in [7, 11) is 0. The Morgan fingerprint density at radius 3 is 1.75 bits per heavy atom. The standard InChI is InChI=1S/CHNO.Cr/c2-1-3;/h2H;. The van der Waals surface area contributed by atoms with E-state index in [4.69, 9.17) is 10.2 Å². The molecule has 0 saturated carbocycles. The minimum absolute atomic E-state index is 0. The van der Waals surface area contributed by atoms with Crippen LogP contribution in [0.3, 0.4) is 0 Å². The van der Waals surface area contributed by atoms with Crippen LogP contribution in [-0.2, 0) is 22.2 Å². The molecule has 2 nitrogen and oxygen atoms in total. The number of rotatable bonds is 0. The van der Waals surface area contributed by atoms with Crippen LogP contribution in [0.5, 0.6) is 0 Å².